The van der Waals surface area contributed by atoms with E-state index in [0.717, 1.165) is 27.4 Å². The minimum absolute atomic E-state index is 0.256. The van der Waals surface area contributed by atoms with Crippen LogP contribution in [0, 0.1) is 13.8 Å². The van der Waals surface area contributed by atoms with Gasteiger partial charge in [-0.25, -0.2) is 9.78 Å². The van der Waals surface area contributed by atoms with E-state index in [9.17, 15) is 9.59 Å². The van der Waals surface area contributed by atoms with Gasteiger partial charge in [0.05, 0.1) is 10.7 Å². The van der Waals surface area contributed by atoms with Crippen molar-refractivity contribution < 1.29 is 14.3 Å². The molecule has 0 radical (unpaired) electrons. The smallest absolute Gasteiger partial charge is 0.351 e. The fourth-order valence-electron chi connectivity index (χ4n) is 3.19. The summed E-state index contributed by atoms with van der Waals surface area (Å²) >= 11 is 1.27. The SMILES string of the molecule is Cc1nc(-c2ccccc2)c(C(=O)O[C@@H](C)C(=O)Nc2c(C)cccc2C(C)C)s1. The summed E-state index contributed by atoms with van der Waals surface area (Å²) in [5.41, 5.74) is 4.21. The fraction of sp³-hybridized carbons (Fsp3) is 0.292. The zero-order valence-corrected chi connectivity index (χ0v) is 18.7. The number of aryl methyl sites for hydroxylation is 2. The number of nitrogens with zero attached hydrogens (tertiary/aromatic N) is 1. The summed E-state index contributed by atoms with van der Waals surface area (Å²) in [6.45, 7) is 9.52. The molecule has 1 N–H and O–H groups in total. The van der Waals surface area contributed by atoms with Gasteiger partial charge in [-0.3, -0.25) is 4.79 Å². The van der Waals surface area contributed by atoms with Crippen molar-refractivity contribution in [3.05, 3.63) is 69.5 Å². The van der Waals surface area contributed by atoms with E-state index in [0.29, 0.717) is 10.6 Å². The third-order valence-corrected chi connectivity index (χ3v) is 5.75. The molecule has 0 bridgehead atoms. The molecule has 0 spiro atoms. The van der Waals surface area contributed by atoms with Crippen molar-refractivity contribution in [3.63, 3.8) is 0 Å². The van der Waals surface area contributed by atoms with Crippen LogP contribution in [0.1, 0.15) is 52.5 Å². The summed E-state index contributed by atoms with van der Waals surface area (Å²) in [7, 11) is 0. The molecule has 1 atom stereocenters. The Balaban J connectivity index is 1.77. The maximum atomic E-state index is 12.8. The normalized spacial score (nSPS) is 11.9. The van der Waals surface area contributed by atoms with Crippen LogP contribution in [0.5, 0.6) is 0 Å². The number of carbonyl (C=O) groups excluding carboxylic acids is 2. The highest BCUT2D eigenvalue weighted by atomic mass is 32.1. The molecule has 0 aliphatic rings. The van der Waals surface area contributed by atoms with Gasteiger partial charge in [0.1, 0.15) is 4.88 Å². The van der Waals surface area contributed by atoms with Gasteiger partial charge in [0, 0.05) is 11.3 Å². The van der Waals surface area contributed by atoms with E-state index < -0.39 is 12.1 Å². The highest BCUT2D eigenvalue weighted by Gasteiger charge is 2.25. The Hall–Kier alpha value is -2.99. The molecule has 0 fully saturated rings. The van der Waals surface area contributed by atoms with E-state index in [2.05, 4.69) is 24.1 Å². The van der Waals surface area contributed by atoms with Crippen LogP contribution < -0.4 is 5.32 Å². The zero-order chi connectivity index (χ0) is 21.8. The molecule has 0 aliphatic heterocycles. The Morgan fingerprint density at radius 1 is 1.00 bits per heavy atom. The number of para-hydroxylation sites is 1. The number of benzene rings is 2. The Bertz CT molecular complexity index is 1060. The topological polar surface area (TPSA) is 68.3 Å². The molecule has 5 nitrogen and oxygen atoms in total. The second-order valence-corrected chi connectivity index (χ2v) is 8.71. The number of anilines is 1. The van der Waals surface area contributed by atoms with Crippen molar-refractivity contribution in [1.82, 2.24) is 4.98 Å². The minimum atomic E-state index is -0.942. The third kappa shape index (κ3) is 4.76. The molecular weight excluding hydrogens is 396 g/mol. The molecule has 1 aromatic heterocycles. The van der Waals surface area contributed by atoms with Crippen LogP contribution in [0.15, 0.2) is 48.5 Å². The predicted molar refractivity (Wildman–Crippen MR) is 121 cm³/mol. The van der Waals surface area contributed by atoms with Crippen LogP contribution in [0.25, 0.3) is 11.3 Å². The number of esters is 1. The zero-order valence-electron chi connectivity index (χ0n) is 17.9. The lowest BCUT2D eigenvalue weighted by Crippen LogP contribution is -2.30. The first-order valence-electron chi connectivity index (χ1n) is 9.92. The fourth-order valence-corrected chi connectivity index (χ4v) is 4.02. The molecule has 1 amide bonds. The van der Waals surface area contributed by atoms with E-state index in [-0.39, 0.29) is 11.8 Å². The lowest BCUT2D eigenvalue weighted by atomic mass is 9.98. The van der Waals surface area contributed by atoms with Crippen molar-refractivity contribution in [2.45, 2.75) is 46.6 Å². The monoisotopic (exact) mass is 422 g/mol. The molecule has 6 heteroatoms. The van der Waals surface area contributed by atoms with E-state index in [1.807, 2.05) is 62.4 Å². The van der Waals surface area contributed by atoms with Gasteiger partial charge in [-0.2, -0.15) is 0 Å². The maximum absolute atomic E-state index is 12.8. The van der Waals surface area contributed by atoms with Crippen molar-refractivity contribution in [3.8, 4) is 11.3 Å². The van der Waals surface area contributed by atoms with Gasteiger partial charge in [-0.15, -0.1) is 11.3 Å². The molecule has 0 saturated carbocycles. The Morgan fingerprint density at radius 2 is 1.70 bits per heavy atom. The quantitative estimate of drug-likeness (QED) is 0.515. The molecular formula is C24H26N2O3S. The van der Waals surface area contributed by atoms with Crippen LogP contribution in [0.2, 0.25) is 0 Å². The number of aromatic nitrogens is 1. The third-order valence-electron chi connectivity index (χ3n) is 4.79. The summed E-state index contributed by atoms with van der Waals surface area (Å²) < 4.78 is 5.51. The first-order valence-corrected chi connectivity index (χ1v) is 10.7. The van der Waals surface area contributed by atoms with Gasteiger partial charge in [0.25, 0.3) is 5.91 Å². The first kappa shape index (κ1) is 21.7. The van der Waals surface area contributed by atoms with Crippen molar-refractivity contribution in [2.75, 3.05) is 5.32 Å². The van der Waals surface area contributed by atoms with E-state index in [4.69, 9.17) is 4.74 Å². The highest BCUT2D eigenvalue weighted by molar-refractivity contribution is 7.14. The summed E-state index contributed by atoms with van der Waals surface area (Å²) in [5, 5.41) is 3.70. The van der Waals surface area contributed by atoms with Crippen LogP contribution in [0.4, 0.5) is 5.69 Å². The molecule has 30 heavy (non-hydrogen) atoms. The lowest BCUT2D eigenvalue weighted by Gasteiger charge is -2.19. The van der Waals surface area contributed by atoms with Crippen LogP contribution in [0.3, 0.4) is 0 Å². The Labute approximate surface area is 181 Å². The average molecular weight is 423 g/mol. The van der Waals surface area contributed by atoms with E-state index in [1.165, 1.54) is 11.3 Å². The molecule has 0 aliphatic carbocycles. The van der Waals surface area contributed by atoms with Crippen LogP contribution in [-0.4, -0.2) is 23.0 Å². The molecule has 3 aromatic rings. The van der Waals surface area contributed by atoms with Gasteiger partial charge < -0.3 is 10.1 Å². The number of rotatable bonds is 6. The Morgan fingerprint density at radius 3 is 2.37 bits per heavy atom. The second kappa shape index (κ2) is 9.22. The number of ether oxygens (including phenoxy) is 1. The number of nitrogens with one attached hydrogen (secondary N) is 1. The largest absolute Gasteiger partial charge is 0.448 e. The van der Waals surface area contributed by atoms with Crippen LogP contribution >= 0.6 is 11.3 Å². The number of carbonyl (C=O) groups is 2. The number of thiazole rings is 1. The second-order valence-electron chi connectivity index (χ2n) is 7.51. The van der Waals surface area contributed by atoms with Gasteiger partial charge in [0.2, 0.25) is 0 Å². The molecule has 2 aromatic carbocycles. The predicted octanol–water partition coefficient (Wildman–Crippen LogP) is 5.73. The molecule has 1 heterocycles. The summed E-state index contributed by atoms with van der Waals surface area (Å²) in [5.74, 6) is -0.648. The molecule has 0 unspecified atom stereocenters. The lowest BCUT2D eigenvalue weighted by molar-refractivity contribution is -0.123. The number of amides is 1. The number of hydrogen-bond acceptors (Lipinski definition) is 5. The summed E-state index contributed by atoms with van der Waals surface area (Å²) in [6.07, 6.45) is -0.942. The van der Waals surface area contributed by atoms with Crippen LogP contribution in [-0.2, 0) is 9.53 Å². The summed E-state index contributed by atoms with van der Waals surface area (Å²) in [4.78, 5) is 30.5. The summed E-state index contributed by atoms with van der Waals surface area (Å²) in [6, 6.07) is 15.4. The maximum Gasteiger partial charge on any atom is 0.351 e. The van der Waals surface area contributed by atoms with Gasteiger partial charge >= 0.3 is 5.97 Å². The van der Waals surface area contributed by atoms with Crippen molar-refractivity contribution in [1.29, 1.82) is 0 Å². The molecule has 156 valence electrons. The minimum Gasteiger partial charge on any atom is -0.448 e. The molecule has 3 rings (SSSR count). The van der Waals surface area contributed by atoms with Gasteiger partial charge in [-0.05, 0) is 37.8 Å². The number of hydrogen-bond donors (Lipinski definition) is 1. The van der Waals surface area contributed by atoms with E-state index >= 15 is 0 Å². The first-order chi connectivity index (χ1) is 14.3. The average Bonchev–Trinajstić information content (AvgIpc) is 3.11. The van der Waals surface area contributed by atoms with Gasteiger partial charge in [-0.1, -0.05) is 62.4 Å². The van der Waals surface area contributed by atoms with Crippen molar-refractivity contribution in [2.24, 2.45) is 0 Å². The van der Waals surface area contributed by atoms with E-state index in [1.54, 1.807) is 6.92 Å². The molecule has 0 saturated heterocycles. The van der Waals surface area contributed by atoms with Gasteiger partial charge in [0.15, 0.2) is 6.10 Å². The Kier molecular flexibility index (Phi) is 6.67. The highest BCUT2D eigenvalue weighted by Crippen LogP contribution is 2.30. The standard InChI is InChI=1S/C24H26N2O3S/c1-14(2)19-13-9-10-15(3)20(19)26-23(27)16(4)29-24(28)22-21(25-17(5)30-22)18-11-7-6-8-12-18/h6-14,16H,1-5H3,(H,26,27)/t16-/m0/s1. The van der Waals surface area contributed by atoms with Crippen molar-refractivity contribution >= 4 is 28.9 Å².